The molecule has 1 aliphatic rings. The fourth-order valence-electron chi connectivity index (χ4n) is 4.40. The molecule has 2 aromatic carbocycles. The second-order valence-electron chi connectivity index (χ2n) is 9.08. The minimum Gasteiger partial charge on any atom is -0.534 e. The molecule has 0 saturated carbocycles. The molecule has 2 amide bonds. The third-order valence-electron chi connectivity index (χ3n) is 6.41. The normalized spacial score (nSPS) is 15.6. The Balaban J connectivity index is 1.42. The average Bonchev–Trinajstić information content (AvgIpc) is 3.39. The van der Waals surface area contributed by atoms with E-state index in [2.05, 4.69) is 15.6 Å². The number of aromatic nitrogens is 2. The Hall–Kier alpha value is -4.49. The van der Waals surface area contributed by atoms with E-state index in [0.29, 0.717) is 11.2 Å². The summed E-state index contributed by atoms with van der Waals surface area (Å²) < 4.78 is 18.7. The second kappa shape index (κ2) is 10.6. The van der Waals surface area contributed by atoms with Crippen molar-refractivity contribution in [2.45, 2.75) is 18.4 Å². The summed E-state index contributed by atoms with van der Waals surface area (Å²) in [4.78, 5) is 61.3. The first-order valence-electron chi connectivity index (χ1n) is 11.9. The van der Waals surface area contributed by atoms with Crippen molar-refractivity contribution < 1.29 is 43.5 Å². The molecule has 13 nitrogen and oxygen atoms in total. The molecular formula is C25H22BN4O9P. The molecule has 3 heterocycles. The highest BCUT2D eigenvalue weighted by molar-refractivity contribution is 7.60. The van der Waals surface area contributed by atoms with Crippen LogP contribution in [0.15, 0.2) is 73.2 Å². The molecule has 1 aliphatic heterocycles. The fraction of sp³-hybridized carbons (Fsp3) is 0.120. The first-order chi connectivity index (χ1) is 19.0. The highest BCUT2D eigenvalue weighted by Gasteiger charge is 2.39. The predicted octanol–water partition coefficient (Wildman–Crippen LogP) is 0.446. The number of rotatable bonds is 7. The van der Waals surface area contributed by atoms with Crippen LogP contribution in [0.2, 0.25) is 0 Å². The zero-order chi connectivity index (χ0) is 28.6. The molecule has 0 fully saturated rings. The molecule has 40 heavy (non-hydrogen) atoms. The van der Waals surface area contributed by atoms with Crippen LogP contribution in [0, 0.1) is 0 Å². The van der Waals surface area contributed by atoms with Crippen LogP contribution in [-0.2, 0) is 15.8 Å². The van der Waals surface area contributed by atoms with Gasteiger partial charge in [-0.15, -0.1) is 0 Å². The number of amides is 2. The van der Waals surface area contributed by atoms with Crippen LogP contribution in [0.3, 0.4) is 0 Å². The number of aromatic carboxylic acids is 1. The topological polar surface area (TPSA) is 200 Å². The number of fused-ring (bicyclic) bond motifs is 2. The van der Waals surface area contributed by atoms with Crippen LogP contribution in [0.1, 0.15) is 37.9 Å². The van der Waals surface area contributed by atoms with E-state index in [1.807, 2.05) is 0 Å². The number of hydrogen-bond acceptors (Lipinski definition) is 7. The zero-order valence-electron chi connectivity index (χ0n) is 20.5. The van der Waals surface area contributed by atoms with Crippen LogP contribution in [0.4, 0.5) is 0 Å². The molecule has 1 unspecified atom stereocenters. The maximum absolute atomic E-state index is 13.5. The smallest absolute Gasteiger partial charge is 0.534 e. The lowest BCUT2D eigenvalue weighted by Gasteiger charge is -2.30. The van der Waals surface area contributed by atoms with E-state index >= 15 is 0 Å². The van der Waals surface area contributed by atoms with Crippen LogP contribution in [-0.4, -0.2) is 60.1 Å². The summed E-state index contributed by atoms with van der Waals surface area (Å²) in [5.41, 5.74) is 1.27. The number of carboxylic acids is 1. The van der Waals surface area contributed by atoms with Gasteiger partial charge in [0.05, 0.1) is 22.4 Å². The standard InChI is InChI=1S/C25H22BN4O9P/c31-23(16-12-27-20-5-2-10-30(20)13-16)29-21(14-6-8-17(9-7-14)40(36,37)38)24(32)28-19-11-15-3-1-4-18(25(33)34)22(15)39-26(19)35/h1-10,12-13,19,21,35H,11H2,(H,28,32)(H,29,31)(H,33,34)(H2,36,37,38)/t19-,21?/m0/s1. The third-order valence-corrected chi connectivity index (χ3v) is 7.38. The predicted molar refractivity (Wildman–Crippen MR) is 141 cm³/mol. The molecule has 6 N–H and O–H groups in total. The lowest BCUT2D eigenvalue weighted by Crippen LogP contribution is -2.55. The lowest BCUT2D eigenvalue weighted by molar-refractivity contribution is -0.123. The van der Waals surface area contributed by atoms with E-state index in [-0.39, 0.29) is 34.2 Å². The highest BCUT2D eigenvalue weighted by atomic mass is 31.2. The van der Waals surface area contributed by atoms with E-state index in [9.17, 15) is 38.9 Å². The first-order valence-corrected chi connectivity index (χ1v) is 13.5. The largest absolute Gasteiger partial charge is 0.547 e. The second-order valence-corrected chi connectivity index (χ2v) is 10.7. The highest BCUT2D eigenvalue weighted by Crippen LogP contribution is 2.33. The number of nitrogens with one attached hydrogen (secondary N) is 2. The monoisotopic (exact) mass is 564 g/mol. The van der Waals surface area contributed by atoms with E-state index in [1.54, 1.807) is 28.8 Å². The van der Waals surface area contributed by atoms with Crippen molar-refractivity contribution in [1.29, 1.82) is 0 Å². The summed E-state index contributed by atoms with van der Waals surface area (Å²) in [7, 11) is -6.15. The Bertz CT molecular complexity index is 1670. The van der Waals surface area contributed by atoms with E-state index in [0.717, 1.165) is 12.1 Å². The van der Waals surface area contributed by atoms with Gasteiger partial charge in [0.25, 0.3) is 5.91 Å². The Morgan fingerprint density at radius 3 is 2.55 bits per heavy atom. The summed E-state index contributed by atoms with van der Waals surface area (Å²) in [5, 5.41) is 25.0. The minimum atomic E-state index is -4.55. The Labute approximate surface area is 226 Å². The van der Waals surface area contributed by atoms with E-state index in [4.69, 9.17) is 4.65 Å². The quantitative estimate of drug-likeness (QED) is 0.135. The van der Waals surface area contributed by atoms with E-state index in [1.165, 1.54) is 36.7 Å². The summed E-state index contributed by atoms with van der Waals surface area (Å²) in [5.74, 6) is -3.65. The number of carbonyl (C=O) groups excluding carboxylic acids is 2. The van der Waals surface area contributed by atoms with Gasteiger partial charge in [-0.1, -0.05) is 24.3 Å². The summed E-state index contributed by atoms with van der Waals surface area (Å²) in [6.07, 6.45) is 4.60. The van der Waals surface area contributed by atoms with Crippen LogP contribution in [0.5, 0.6) is 5.75 Å². The van der Waals surface area contributed by atoms with Crippen molar-refractivity contribution in [1.82, 2.24) is 20.0 Å². The Kier molecular flexibility index (Phi) is 7.17. The number of carbonyl (C=O) groups is 3. The van der Waals surface area contributed by atoms with E-state index < -0.39 is 44.5 Å². The maximum Gasteiger partial charge on any atom is 0.547 e. The van der Waals surface area contributed by atoms with Crippen LogP contribution in [0.25, 0.3) is 5.65 Å². The van der Waals surface area contributed by atoms with Crippen molar-refractivity contribution in [2.75, 3.05) is 0 Å². The molecule has 5 rings (SSSR count). The number of benzene rings is 2. The van der Waals surface area contributed by atoms with Gasteiger partial charge in [-0.25, -0.2) is 9.78 Å². The molecular weight excluding hydrogens is 542 g/mol. The molecule has 2 aromatic heterocycles. The van der Waals surface area contributed by atoms with Crippen molar-refractivity contribution in [3.63, 3.8) is 0 Å². The van der Waals surface area contributed by atoms with Crippen molar-refractivity contribution in [3.8, 4) is 5.75 Å². The SMILES string of the molecule is O=C(NC(C(=O)N[C@H]1Cc2cccc(C(=O)O)c2OB1O)c1ccc(P(=O)(O)O)cc1)c1cnc2cccn2c1. The average molecular weight is 564 g/mol. The van der Waals surface area contributed by atoms with Gasteiger partial charge in [-0.2, -0.15) is 0 Å². The van der Waals surface area contributed by atoms with Gasteiger partial charge in [-0.05, 0) is 47.9 Å². The van der Waals surface area contributed by atoms with Gasteiger partial charge in [0.15, 0.2) is 0 Å². The summed E-state index contributed by atoms with van der Waals surface area (Å²) >= 11 is 0. The van der Waals surface area contributed by atoms with Gasteiger partial charge in [0.2, 0.25) is 5.91 Å². The van der Waals surface area contributed by atoms with Crippen LogP contribution < -0.4 is 20.6 Å². The molecule has 204 valence electrons. The molecule has 4 aromatic rings. The molecule has 0 aliphatic carbocycles. The molecule has 15 heteroatoms. The fourth-order valence-corrected chi connectivity index (χ4v) is 4.93. The molecule has 0 spiro atoms. The molecule has 0 bridgehead atoms. The number of hydrogen-bond donors (Lipinski definition) is 6. The minimum absolute atomic E-state index is 0.00113. The van der Waals surface area contributed by atoms with Gasteiger partial charge in [-0.3, -0.25) is 14.2 Å². The molecule has 2 atom stereocenters. The van der Waals surface area contributed by atoms with Crippen molar-refractivity contribution >= 4 is 43.4 Å². The lowest BCUT2D eigenvalue weighted by atomic mass is 9.72. The van der Waals surface area contributed by atoms with Gasteiger partial charge in [0.1, 0.15) is 17.4 Å². The molecule has 0 radical (unpaired) electrons. The Morgan fingerprint density at radius 1 is 1.10 bits per heavy atom. The van der Waals surface area contributed by atoms with Crippen molar-refractivity contribution in [2.24, 2.45) is 0 Å². The maximum atomic E-state index is 13.5. The number of carboxylic acid groups (broad SMARTS) is 1. The van der Waals surface area contributed by atoms with Crippen molar-refractivity contribution in [3.05, 3.63) is 95.4 Å². The number of para-hydroxylation sites is 1. The number of nitrogens with zero attached hydrogens (tertiary/aromatic N) is 2. The van der Waals surface area contributed by atoms with Crippen LogP contribution >= 0.6 is 7.60 Å². The summed E-state index contributed by atoms with van der Waals surface area (Å²) in [6.45, 7) is 0. The van der Waals surface area contributed by atoms with Gasteiger partial charge < -0.3 is 39.6 Å². The van der Waals surface area contributed by atoms with Gasteiger partial charge in [0, 0.05) is 18.6 Å². The summed E-state index contributed by atoms with van der Waals surface area (Å²) in [6, 6.07) is 11.5. The third kappa shape index (κ3) is 5.47. The zero-order valence-corrected chi connectivity index (χ0v) is 21.4. The van der Waals surface area contributed by atoms with Gasteiger partial charge >= 0.3 is 20.7 Å². The Morgan fingerprint density at radius 2 is 1.85 bits per heavy atom. The molecule has 0 saturated heterocycles. The first kappa shape index (κ1) is 27.1.